The molecule has 0 unspecified atom stereocenters. The van der Waals surface area contributed by atoms with Crippen LogP contribution in [0, 0.1) is 5.41 Å². The molecule has 0 bridgehead atoms. The normalized spacial score (nSPS) is 16.9. The van der Waals surface area contributed by atoms with E-state index in [0.29, 0.717) is 11.0 Å². The molecule has 2 rings (SSSR count). The largest absolute Gasteiger partial charge is 0.478 e. The molecule has 5 nitrogen and oxygen atoms in total. The van der Waals surface area contributed by atoms with Gasteiger partial charge in [0.15, 0.2) is 0 Å². The van der Waals surface area contributed by atoms with E-state index in [1.54, 1.807) is 0 Å². The first-order valence-corrected chi connectivity index (χ1v) is 8.60. The lowest BCUT2D eigenvalue weighted by atomic mass is 10.1. The van der Waals surface area contributed by atoms with E-state index in [1.165, 1.54) is 18.2 Å². The van der Waals surface area contributed by atoms with Crippen molar-refractivity contribution in [2.75, 3.05) is 6.54 Å². The Morgan fingerprint density at radius 3 is 2.60 bits per heavy atom. The summed E-state index contributed by atoms with van der Waals surface area (Å²) in [7, 11) is -3.67. The maximum atomic E-state index is 12.2. The van der Waals surface area contributed by atoms with Crippen LogP contribution in [0.1, 0.15) is 36.5 Å². The maximum Gasteiger partial charge on any atom is 0.336 e. The van der Waals surface area contributed by atoms with Crippen LogP contribution in [0.15, 0.2) is 27.6 Å². The van der Waals surface area contributed by atoms with E-state index in [9.17, 15) is 13.2 Å². The topological polar surface area (TPSA) is 83.5 Å². The highest BCUT2D eigenvalue weighted by molar-refractivity contribution is 9.10. The van der Waals surface area contributed by atoms with Crippen molar-refractivity contribution < 1.29 is 18.3 Å². The minimum absolute atomic E-state index is 0.0231. The van der Waals surface area contributed by atoms with Crippen molar-refractivity contribution in [3.8, 4) is 0 Å². The second-order valence-corrected chi connectivity index (χ2v) is 7.75. The molecule has 0 aliphatic heterocycles. The summed E-state index contributed by atoms with van der Waals surface area (Å²) < 4.78 is 27.3. The van der Waals surface area contributed by atoms with Gasteiger partial charge in [0.05, 0.1) is 10.5 Å². The summed E-state index contributed by atoms with van der Waals surface area (Å²) in [5.74, 6) is -1.17. The zero-order valence-electron chi connectivity index (χ0n) is 11.0. The van der Waals surface area contributed by atoms with Crippen molar-refractivity contribution in [1.82, 2.24) is 4.72 Å². The Kier molecular flexibility index (Phi) is 4.22. The van der Waals surface area contributed by atoms with Crippen LogP contribution in [-0.4, -0.2) is 26.0 Å². The monoisotopic (exact) mass is 361 g/mol. The first-order chi connectivity index (χ1) is 9.30. The summed E-state index contributed by atoms with van der Waals surface area (Å²) in [6, 6.07) is 4.00. The van der Waals surface area contributed by atoms with E-state index in [2.05, 4.69) is 20.7 Å². The third-order valence-corrected chi connectivity index (χ3v) is 5.91. The Morgan fingerprint density at radius 1 is 1.45 bits per heavy atom. The number of halogens is 1. The fraction of sp³-hybridized carbons (Fsp3) is 0.462. The zero-order valence-corrected chi connectivity index (χ0v) is 13.4. The van der Waals surface area contributed by atoms with Crippen LogP contribution in [0.4, 0.5) is 0 Å². The fourth-order valence-corrected chi connectivity index (χ4v) is 3.60. The average molecular weight is 362 g/mol. The van der Waals surface area contributed by atoms with E-state index in [4.69, 9.17) is 5.11 Å². The van der Waals surface area contributed by atoms with Gasteiger partial charge in [0.25, 0.3) is 0 Å². The Hall–Kier alpha value is -0.920. The van der Waals surface area contributed by atoms with Crippen molar-refractivity contribution in [1.29, 1.82) is 0 Å². The van der Waals surface area contributed by atoms with E-state index < -0.39 is 16.0 Å². The number of nitrogens with one attached hydrogen (secondary N) is 1. The van der Waals surface area contributed by atoms with Gasteiger partial charge in [0, 0.05) is 11.0 Å². The number of hydrogen-bond donors (Lipinski definition) is 2. The van der Waals surface area contributed by atoms with Crippen LogP contribution in [0.25, 0.3) is 0 Å². The molecule has 0 spiro atoms. The molecule has 0 saturated heterocycles. The molecule has 0 radical (unpaired) electrons. The highest BCUT2D eigenvalue weighted by Crippen LogP contribution is 2.48. The molecule has 0 amide bonds. The van der Waals surface area contributed by atoms with Crippen LogP contribution < -0.4 is 4.72 Å². The van der Waals surface area contributed by atoms with Gasteiger partial charge in [-0.15, -0.1) is 0 Å². The Balaban J connectivity index is 2.21. The molecular formula is C13H16BrNO4S. The molecule has 2 N–H and O–H groups in total. The smallest absolute Gasteiger partial charge is 0.336 e. The van der Waals surface area contributed by atoms with Crippen LogP contribution in [-0.2, 0) is 10.0 Å². The molecule has 1 saturated carbocycles. The predicted molar refractivity (Wildman–Crippen MR) is 78.2 cm³/mol. The first-order valence-electron chi connectivity index (χ1n) is 6.32. The number of carboxylic acids is 1. The summed E-state index contributed by atoms with van der Waals surface area (Å²) in [5, 5.41) is 9.02. The second kappa shape index (κ2) is 5.46. The minimum Gasteiger partial charge on any atom is -0.478 e. The summed E-state index contributed by atoms with van der Waals surface area (Å²) in [6.45, 7) is 2.45. The second-order valence-electron chi connectivity index (χ2n) is 5.12. The average Bonchev–Trinajstić information content (AvgIpc) is 3.17. The van der Waals surface area contributed by atoms with Crippen LogP contribution in [0.2, 0.25) is 0 Å². The van der Waals surface area contributed by atoms with Crippen LogP contribution in [0.3, 0.4) is 0 Å². The summed E-state index contributed by atoms with van der Waals surface area (Å²) in [4.78, 5) is 11.0. The summed E-state index contributed by atoms with van der Waals surface area (Å²) in [6.07, 6.45) is 3.01. The number of sulfonamides is 1. The van der Waals surface area contributed by atoms with Gasteiger partial charge in [-0.25, -0.2) is 17.9 Å². The van der Waals surface area contributed by atoms with Crippen molar-refractivity contribution in [3.63, 3.8) is 0 Å². The third kappa shape index (κ3) is 3.21. The SMILES string of the molecule is CCC1(CNS(=O)(=O)c2ccc(Br)c(C(=O)O)c2)CC1. The van der Waals surface area contributed by atoms with Gasteiger partial charge in [0.2, 0.25) is 10.0 Å². The van der Waals surface area contributed by atoms with E-state index in [-0.39, 0.29) is 15.9 Å². The molecule has 1 aliphatic rings. The highest BCUT2D eigenvalue weighted by atomic mass is 79.9. The minimum atomic E-state index is -3.67. The molecular weight excluding hydrogens is 346 g/mol. The van der Waals surface area contributed by atoms with E-state index in [0.717, 1.165) is 19.3 Å². The maximum absolute atomic E-state index is 12.2. The molecule has 7 heteroatoms. The lowest BCUT2D eigenvalue weighted by molar-refractivity contribution is 0.0695. The zero-order chi connectivity index (χ0) is 15.0. The van der Waals surface area contributed by atoms with Crippen LogP contribution in [0.5, 0.6) is 0 Å². The number of benzene rings is 1. The van der Waals surface area contributed by atoms with Gasteiger partial charge in [-0.2, -0.15) is 0 Å². The number of rotatable bonds is 6. The number of aromatic carboxylic acids is 1. The van der Waals surface area contributed by atoms with E-state index >= 15 is 0 Å². The Labute approximate surface area is 126 Å². The van der Waals surface area contributed by atoms with Crippen LogP contribution >= 0.6 is 15.9 Å². The van der Waals surface area contributed by atoms with Crippen molar-refractivity contribution in [3.05, 3.63) is 28.2 Å². The third-order valence-electron chi connectivity index (χ3n) is 3.82. The van der Waals surface area contributed by atoms with Gasteiger partial charge in [-0.1, -0.05) is 6.92 Å². The standard InChI is InChI=1S/C13H16BrNO4S/c1-2-13(5-6-13)8-15-20(18,19)9-3-4-11(14)10(7-9)12(16)17/h3-4,7,15H,2,5-6,8H2,1H3,(H,16,17). The quantitative estimate of drug-likeness (QED) is 0.815. The first kappa shape index (κ1) is 15.5. The van der Waals surface area contributed by atoms with Gasteiger partial charge < -0.3 is 5.11 Å². The van der Waals surface area contributed by atoms with E-state index in [1.807, 2.05) is 6.92 Å². The Bertz CT molecular complexity index is 638. The lowest BCUT2D eigenvalue weighted by Crippen LogP contribution is -2.30. The Morgan fingerprint density at radius 2 is 2.10 bits per heavy atom. The molecule has 1 aromatic carbocycles. The van der Waals surface area contributed by atoms with Crippen molar-refractivity contribution >= 4 is 31.9 Å². The molecule has 0 aromatic heterocycles. The van der Waals surface area contributed by atoms with Gasteiger partial charge in [0.1, 0.15) is 0 Å². The lowest BCUT2D eigenvalue weighted by Gasteiger charge is -2.14. The van der Waals surface area contributed by atoms with Gasteiger partial charge in [-0.05, 0) is 58.8 Å². The molecule has 110 valence electrons. The number of carboxylic acid groups (broad SMARTS) is 1. The number of carbonyl (C=O) groups is 1. The van der Waals surface area contributed by atoms with Gasteiger partial charge in [-0.3, -0.25) is 0 Å². The summed E-state index contributed by atoms with van der Waals surface area (Å²) >= 11 is 3.09. The molecule has 0 heterocycles. The fourth-order valence-electron chi connectivity index (χ4n) is 2.00. The molecule has 1 fully saturated rings. The molecule has 20 heavy (non-hydrogen) atoms. The van der Waals surface area contributed by atoms with Gasteiger partial charge >= 0.3 is 5.97 Å². The van der Waals surface area contributed by atoms with Crippen molar-refractivity contribution in [2.45, 2.75) is 31.1 Å². The summed E-state index contributed by atoms with van der Waals surface area (Å²) in [5.41, 5.74) is 0.0300. The molecule has 1 aliphatic carbocycles. The van der Waals surface area contributed by atoms with Crippen molar-refractivity contribution in [2.24, 2.45) is 5.41 Å². The highest BCUT2D eigenvalue weighted by Gasteiger charge is 2.41. The molecule has 1 aromatic rings. The molecule has 0 atom stereocenters. The number of hydrogen-bond acceptors (Lipinski definition) is 3. The predicted octanol–water partition coefficient (Wildman–Crippen LogP) is 2.62.